The first kappa shape index (κ1) is 21.7. The van der Waals surface area contributed by atoms with Gasteiger partial charge in [-0.15, -0.1) is 12.4 Å². The van der Waals surface area contributed by atoms with Gasteiger partial charge in [0.05, 0.1) is 5.92 Å². The van der Waals surface area contributed by atoms with Gasteiger partial charge in [-0.2, -0.15) is 0 Å². The molecule has 3 N–H and O–H groups in total. The van der Waals surface area contributed by atoms with Gasteiger partial charge in [0.25, 0.3) is 0 Å². The van der Waals surface area contributed by atoms with Crippen LogP contribution in [0.2, 0.25) is 0 Å². The van der Waals surface area contributed by atoms with Gasteiger partial charge in [-0.25, -0.2) is 8.78 Å². The van der Waals surface area contributed by atoms with Crippen molar-refractivity contribution in [2.24, 2.45) is 5.73 Å². The lowest BCUT2D eigenvalue weighted by Crippen LogP contribution is -2.37. The molecule has 0 amide bonds. The maximum absolute atomic E-state index is 13.7. The fourth-order valence-corrected chi connectivity index (χ4v) is 3.77. The molecule has 3 aromatic carbocycles. The van der Waals surface area contributed by atoms with Crippen molar-refractivity contribution in [3.8, 4) is 22.6 Å². The molecule has 4 nitrogen and oxygen atoms in total. The average Bonchev–Trinajstić information content (AvgIpc) is 2.70. The second-order valence-electron chi connectivity index (χ2n) is 7.11. The molecule has 0 saturated carbocycles. The van der Waals surface area contributed by atoms with Crippen molar-refractivity contribution < 1.29 is 23.4 Å². The number of halogens is 3. The van der Waals surface area contributed by atoms with E-state index >= 15 is 0 Å². The van der Waals surface area contributed by atoms with E-state index in [0.717, 1.165) is 17.7 Å². The minimum atomic E-state index is -0.960. The highest BCUT2D eigenvalue weighted by Crippen LogP contribution is 2.37. The lowest BCUT2D eigenvalue weighted by Gasteiger charge is -2.28. The van der Waals surface area contributed by atoms with Crippen molar-refractivity contribution >= 4 is 18.4 Å². The molecule has 7 heteroatoms. The standard InChI is InChI=1S/C23H19F2NO3.ClH/c24-18-9-6-14(11-19(18)25)16-3-1-2-4-21(16)29-15-8-5-13-7-10-20(26)22(23(27)28)17(13)12-15;/h1-6,8-9,11-12,20,22H,7,10,26H2,(H,27,28);1H. The monoisotopic (exact) mass is 431 g/mol. The summed E-state index contributed by atoms with van der Waals surface area (Å²) in [5.41, 5.74) is 8.70. The van der Waals surface area contributed by atoms with Gasteiger partial charge < -0.3 is 15.6 Å². The van der Waals surface area contributed by atoms with Crippen LogP contribution in [0.15, 0.2) is 60.7 Å². The number of carboxylic acids is 1. The van der Waals surface area contributed by atoms with E-state index in [9.17, 15) is 18.7 Å². The van der Waals surface area contributed by atoms with Crippen LogP contribution in [0.4, 0.5) is 8.78 Å². The van der Waals surface area contributed by atoms with Crippen LogP contribution in [0, 0.1) is 11.6 Å². The van der Waals surface area contributed by atoms with E-state index in [1.54, 1.807) is 36.4 Å². The summed E-state index contributed by atoms with van der Waals surface area (Å²) in [5, 5.41) is 9.59. The second-order valence-corrected chi connectivity index (χ2v) is 7.11. The van der Waals surface area contributed by atoms with E-state index in [4.69, 9.17) is 10.5 Å². The lowest BCUT2D eigenvalue weighted by atomic mass is 9.79. The minimum Gasteiger partial charge on any atom is -0.481 e. The van der Waals surface area contributed by atoms with Crippen molar-refractivity contribution in [1.29, 1.82) is 0 Å². The summed E-state index contributed by atoms with van der Waals surface area (Å²) >= 11 is 0. The van der Waals surface area contributed by atoms with E-state index in [0.29, 0.717) is 41.0 Å². The number of aryl methyl sites for hydroxylation is 1. The third kappa shape index (κ3) is 4.15. The molecule has 4 rings (SSSR count). The van der Waals surface area contributed by atoms with Crippen LogP contribution in [-0.2, 0) is 11.2 Å². The van der Waals surface area contributed by atoms with E-state index in [2.05, 4.69) is 0 Å². The molecule has 1 aliphatic rings. The number of carbonyl (C=O) groups is 1. The molecular weight excluding hydrogens is 412 g/mol. The summed E-state index contributed by atoms with van der Waals surface area (Å²) < 4.78 is 33.0. The number of rotatable bonds is 4. The Hall–Kier alpha value is -2.96. The molecule has 0 aliphatic heterocycles. The summed E-state index contributed by atoms with van der Waals surface area (Å²) in [5.74, 6) is -2.70. The third-order valence-electron chi connectivity index (χ3n) is 5.24. The Bertz CT molecular complexity index is 1090. The van der Waals surface area contributed by atoms with Gasteiger partial charge in [-0.05, 0) is 59.9 Å². The SMILES string of the molecule is Cl.NC1CCc2ccc(Oc3ccccc3-c3ccc(F)c(F)c3)cc2C1C(=O)O. The topological polar surface area (TPSA) is 72.5 Å². The molecule has 0 saturated heterocycles. The predicted octanol–water partition coefficient (Wildman–Crippen LogP) is 5.29. The number of ether oxygens (including phenoxy) is 1. The first-order chi connectivity index (χ1) is 13.9. The van der Waals surface area contributed by atoms with Gasteiger partial charge >= 0.3 is 5.97 Å². The van der Waals surface area contributed by atoms with Crippen LogP contribution >= 0.6 is 12.4 Å². The molecule has 30 heavy (non-hydrogen) atoms. The molecule has 0 spiro atoms. The van der Waals surface area contributed by atoms with Crippen molar-refractivity contribution in [3.05, 3.63) is 83.4 Å². The van der Waals surface area contributed by atoms with E-state index in [1.165, 1.54) is 6.07 Å². The summed E-state index contributed by atoms with van der Waals surface area (Å²) in [6.45, 7) is 0. The fraction of sp³-hybridized carbons (Fsp3) is 0.174. The van der Waals surface area contributed by atoms with Gasteiger partial charge in [0.1, 0.15) is 11.5 Å². The van der Waals surface area contributed by atoms with Crippen molar-refractivity contribution in [2.45, 2.75) is 24.8 Å². The molecule has 0 fully saturated rings. The average molecular weight is 432 g/mol. The smallest absolute Gasteiger partial charge is 0.312 e. The van der Waals surface area contributed by atoms with Gasteiger partial charge in [0.15, 0.2) is 11.6 Å². The van der Waals surface area contributed by atoms with Crippen molar-refractivity contribution in [2.75, 3.05) is 0 Å². The Labute approximate surface area is 178 Å². The maximum Gasteiger partial charge on any atom is 0.312 e. The van der Waals surface area contributed by atoms with Crippen LogP contribution in [0.5, 0.6) is 11.5 Å². The molecule has 0 heterocycles. The molecule has 0 aromatic heterocycles. The lowest BCUT2D eigenvalue weighted by molar-refractivity contribution is -0.139. The second kappa shape index (κ2) is 8.81. The number of fused-ring (bicyclic) bond motifs is 1. The van der Waals surface area contributed by atoms with Crippen molar-refractivity contribution in [3.63, 3.8) is 0 Å². The van der Waals surface area contributed by atoms with Gasteiger partial charge in [-0.3, -0.25) is 4.79 Å². The Kier molecular flexibility index (Phi) is 6.39. The molecule has 2 unspecified atom stereocenters. The van der Waals surface area contributed by atoms with E-state index < -0.39 is 29.6 Å². The highest BCUT2D eigenvalue weighted by atomic mass is 35.5. The minimum absolute atomic E-state index is 0. The maximum atomic E-state index is 13.7. The number of benzene rings is 3. The highest BCUT2D eigenvalue weighted by Gasteiger charge is 2.33. The number of para-hydroxylation sites is 1. The molecule has 3 aromatic rings. The Morgan fingerprint density at radius 1 is 1.03 bits per heavy atom. The summed E-state index contributed by atoms with van der Waals surface area (Å²) in [7, 11) is 0. The number of hydrogen-bond acceptors (Lipinski definition) is 3. The number of aliphatic carboxylic acids is 1. The zero-order chi connectivity index (χ0) is 20.5. The Morgan fingerprint density at radius 3 is 2.53 bits per heavy atom. The number of carboxylic acid groups (broad SMARTS) is 1. The van der Waals surface area contributed by atoms with Gasteiger partial charge in [-0.1, -0.05) is 30.3 Å². The molecule has 2 atom stereocenters. The highest BCUT2D eigenvalue weighted by molar-refractivity contribution is 5.85. The van der Waals surface area contributed by atoms with Crippen LogP contribution in [0.25, 0.3) is 11.1 Å². The largest absolute Gasteiger partial charge is 0.481 e. The van der Waals surface area contributed by atoms with Gasteiger partial charge in [0, 0.05) is 11.6 Å². The molecule has 1 aliphatic carbocycles. The summed E-state index contributed by atoms with van der Waals surface area (Å²) in [6.07, 6.45) is 1.33. The first-order valence-corrected chi connectivity index (χ1v) is 9.27. The molecular formula is C23H20ClF2NO3. The summed E-state index contributed by atoms with van der Waals surface area (Å²) in [6, 6.07) is 15.6. The van der Waals surface area contributed by atoms with Crippen molar-refractivity contribution in [1.82, 2.24) is 0 Å². The zero-order valence-electron chi connectivity index (χ0n) is 15.8. The molecule has 0 bridgehead atoms. The predicted molar refractivity (Wildman–Crippen MR) is 112 cm³/mol. The molecule has 156 valence electrons. The quantitative estimate of drug-likeness (QED) is 0.589. The van der Waals surface area contributed by atoms with Crippen LogP contribution in [0.3, 0.4) is 0 Å². The molecule has 0 radical (unpaired) electrons. The van der Waals surface area contributed by atoms with Crippen LogP contribution < -0.4 is 10.5 Å². The Balaban J connectivity index is 0.00000256. The van der Waals surface area contributed by atoms with E-state index in [-0.39, 0.29) is 12.4 Å². The fourth-order valence-electron chi connectivity index (χ4n) is 3.77. The van der Waals surface area contributed by atoms with E-state index in [1.807, 2.05) is 6.07 Å². The van der Waals surface area contributed by atoms with Gasteiger partial charge in [0.2, 0.25) is 0 Å². The first-order valence-electron chi connectivity index (χ1n) is 9.27. The number of nitrogens with two attached hydrogens (primary N) is 1. The number of hydrogen-bond donors (Lipinski definition) is 2. The Morgan fingerprint density at radius 2 is 1.80 bits per heavy atom. The van der Waals surface area contributed by atoms with Crippen LogP contribution in [0.1, 0.15) is 23.5 Å². The third-order valence-corrected chi connectivity index (χ3v) is 5.24. The normalized spacial score (nSPS) is 17.6. The van der Waals surface area contributed by atoms with Crippen LogP contribution in [-0.4, -0.2) is 17.1 Å². The summed E-state index contributed by atoms with van der Waals surface area (Å²) in [4.78, 5) is 11.7. The zero-order valence-corrected chi connectivity index (χ0v) is 16.7.